The monoisotopic (exact) mass is 275 g/mol. The van der Waals surface area contributed by atoms with E-state index in [9.17, 15) is 9.90 Å². The van der Waals surface area contributed by atoms with Crippen molar-refractivity contribution in [3.8, 4) is 5.75 Å². The van der Waals surface area contributed by atoms with E-state index in [2.05, 4.69) is 5.32 Å². The molecule has 2 N–H and O–H groups in total. The van der Waals surface area contributed by atoms with E-state index < -0.39 is 0 Å². The smallest absolute Gasteiger partial charge is 0.219 e. The number of hydrogen-bond donors (Lipinski definition) is 2. The highest BCUT2D eigenvalue weighted by atomic mass is 16.5. The van der Waals surface area contributed by atoms with E-state index >= 15 is 0 Å². The molecule has 1 aliphatic carbocycles. The number of hydrogen-bond acceptors (Lipinski definition) is 3. The number of carbonyl (C=O) groups is 1. The summed E-state index contributed by atoms with van der Waals surface area (Å²) in [5.41, 5.74) is 3.60. The van der Waals surface area contributed by atoms with Crippen LogP contribution in [0, 0.1) is 0 Å². The lowest BCUT2D eigenvalue weighted by atomic mass is 9.92. The SMILES string of the molecule is CCC(=O)NCC[C@@H]1CC(O)c2ccc3c(c21)CCO3. The van der Waals surface area contributed by atoms with Crippen molar-refractivity contribution in [3.05, 3.63) is 28.8 Å². The first kappa shape index (κ1) is 13.4. The molecule has 0 saturated heterocycles. The third-order valence-corrected chi connectivity index (χ3v) is 4.37. The zero-order valence-electron chi connectivity index (χ0n) is 11.8. The maximum Gasteiger partial charge on any atom is 0.219 e. The van der Waals surface area contributed by atoms with Gasteiger partial charge in [-0.2, -0.15) is 0 Å². The van der Waals surface area contributed by atoms with Crippen LogP contribution in [0.25, 0.3) is 0 Å². The first-order valence-corrected chi connectivity index (χ1v) is 7.44. The number of ether oxygens (including phenoxy) is 1. The molecule has 2 aliphatic rings. The van der Waals surface area contributed by atoms with Gasteiger partial charge in [0.25, 0.3) is 0 Å². The van der Waals surface area contributed by atoms with Gasteiger partial charge in [-0.1, -0.05) is 13.0 Å². The molecule has 20 heavy (non-hydrogen) atoms. The summed E-state index contributed by atoms with van der Waals surface area (Å²) >= 11 is 0. The molecule has 3 rings (SSSR count). The number of nitrogens with one attached hydrogen (secondary N) is 1. The van der Waals surface area contributed by atoms with Gasteiger partial charge in [-0.25, -0.2) is 0 Å². The molecule has 0 bridgehead atoms. The van der Waals surface area contributed by atoms with Crippen molar-refractivity contribution < 1.29 is 14.6 Å². The van der Waals surface area contributed by atoms with Gasteiger partial charge >= 0.3 is 0 Å². The van der Waals surface area contributed by atoms with Crippen LogP contribution >= 0.6 is 0 Å². The number of carbonyl (C=O) groups excluding carboxylic acids is 1. The highest BCUT2D eigenvalue weighted by Crippen LogP contribution is 2.47. The summed E-state index contributed by atoms with van der Waals surface area (Å²) < 4.78 is 5.62. The lowest BCUT2D eigenvalue weighted by molar-refractivity contribution is -0.120. The fourth-order valence-electron chi connectivity index (χ4n) is 3.38. The van der Waals surface area contributed by atoms with Crippen LogP contribution in [0.2, 0.25) is 0 Å². The molecule has 4 heteroatoms. The molecule has 0 radical (unpaired) electrons. The Morgan fingerprint density at radius 1 is 1.50 bits per heavy atom. The predicted octanol–water partition coefficient (Wildman–Crippen LogP) is 2.06. The number of rotatable bonds is 4. The second-order valence-corrected chi connectivity index (χ2v) is 5.58. The largest absolute Gasteiger partial charge is 0.493 e. The first-order valence-electron chi connectivity index (χ1n) is 7.44. The van der Waals surface area contributed by atoms with Gasteiger partial charge in [-0.05, 0) is 36.0 Å². The lowest BCUT2D eigenvalue weighted by Gasteiger charge is -2.14. The zero-order chi connectivity index (χ0) is 14.1. The van der Waals surface area contributed by atoms with Gasteiger partial charge in [0.1, 0.15) is 5.75 Å². The molecule has 1 heterocycles. The summed E-state index contributed by atoms with van der Waals surface area (Å²) in [7, 11) is 0. The standard InChI is InChI=1S/C16H21NO3/c1-2-15(19)17-7-5-10-9-13(18)11-3-4-14-12(16(10)11)6-8-20-14/h3-4,10,13,18H,2,5-9H2,1H3,(H,17,19)/t10-,13?/m1/s1. The Bertz CT molecular complexity index is 527. The molecular weight excluding hydrogens is 254 g/mol. The van der Waals surface area contributed by atoms with E-state index in [1.807, 2.05) is 19.1 Å². The zero-order valence-corrected chi connectivity index (χ0v) is 11.8. The molecule has 1 unspecified atom stereocenters. The van der Waals surface area contributed by atoms with Gasteiger partial charge in [-0.3, -0.25) is 4.79 Å². The minimum absolute atomic E-state index is 0.0883. The van der Waals surface area contributed by atoms with Crippen LogP contribution in [0.1, 0.15) is 54.9 Å². The highest BCUT2D eigenvalue weighted by molar-refractivity contribution is 5.75. The summed E-state index contributed by atoms with van der Waals surface area (Å²) in [4.78, 5) is 11.3. The van der Waals surface area contributed by atoms with E-state index in [0.29, 0.717) is 18.9 Å². The van der Waals surface area contributed by atoms with Crippen molar-refractivity contribution in [1.29, 1.82) is 0 Å². The molecule has 0 fully saturated rings. The van der Waals surface area contributed by atoms with E-state index in [0.717, 1.165) is 37.2 Å². The molecular formula is C16H21NO3. The second-order valence-electron chi connectivity index (χ2n) is 5.58. The lowest BCUT2D eigenvalue weighted by Crippen LogP contribution is -2.24. The molecule has 4 nitrogen and oxygen atoms in total. The van der Waals surface area contributed by atoms with Gasteiger partial charge in [0.05, 0.1) is 12.7 Å². The average molecular weight is 275 g/mol. The number of aliphatic hydroxyl groups is 1. The summed E-state index contributed by atoms with van der Waals surface area (Å²) in [6.45, 7) is 3.27. The Kier molecular flexibility index (Phi) is 3.66. The number of aliphatic hydroxyl groups excluding tert-OH is 1. The number of benzene rings is 1. The van der Waals surface area contributed by atoms with Gasteiger partial charge in [0, 0.05) is 24.9 Å². The Balaban J connectivity index is 1.77. The van der Waals surface area contributed by atoms with Gasteiger partial charge in [0.15, 0.2) is 0 Å². The van der Waals surface area contributed by atoms with Crippen molar-refractivity contribution in [2.24, 2.45) is 0 Å². The Morgan fingerprint density at radius 2 is 2.35 bits per heavy atom. The molecule has 0 aromatic heterocycles. The van der Waals surface area contributed by atoms with Gasteiger partial charge < -0.3 is 15.2 Å². The molecule has 0 spiro atoms. The molecule has 1 aromatic rings. The number of amides is 1. The van der Waals surface area contributed by atoms with E-state index in [1.54, 1.807) is 0 Å². The molecule has 1 aromatic carbocycles. The van der Waals surface area contributed by atoms with Crippen LogP contribution < -0.4 is 10.1 Å². The van der Waals surface area contributed by atoms with Crippen molar-refractivity contribution in [3.63, 3.8) is 0 Å². The van der Waals surface area contributed by atoms with Crippen LogP contribution in [-0.2, 0) is 11.2 Å². The first-order chi connectivity index (χ1) is 9.70. The van der Waals surface area contributed by atoms with E-state index in [-0.39, 0.29) is 12.0 Å². The van der Waals surface area contributed by atoms with Crippen LogP contribution in [0.3, 0.4) is 0 Å². The van der Waals surface area contributed by atoms with Crippen molar-refractivity contribution in [2.75, 3.05) is 13.2 Å². The Hall–Kier alpha value is -1.55. The van der Waals surface area contributed by atoms with Crippen molar-refractivity contribution >= 4 is 5.91 Å². The maximum absolute atomic E-state index is 11.3. The normalized spacial score (nSPS) is 23.1. The molecule has 0 saturated carbocycles. The predicted molar refractivity (Wildman–Crippen MR) is 75.9 cm³/mol. The second kappa shape index (κ2) is 5.44. The molecule has 1 amide bonds. The molecule has 1 aliphatic heterocycles. The Morgan fingerprint density at radius 3 is 3.15 bits per heavy atom. The fourth-order valence-corrected chi connectivity index (χ4v) is 3.38. The minimum atomic E-state index is -0.372. The number of fused-ring (bicyclic) bond motifs is 3. The van der Waals surface area contributed by atoms with Gasteiger partial charge in [-0.15, -0.1) is 0 Å². The van der Waals surface area contributed by atoms with Crippen LogP contribution in [0.5, 0.6) is 5.75 Å². The van der Waals surface area contributed by atoms with Crippen LogP contribution in [0.15, 0.2) is 12.1 Å². The van der Waals surface area contributed by atoms with E-state index in [4.69, 9.17) is 4.74 Å². The third-order valence-electron chi connectivity index (χ3n) is 4.37. The quantitative estimate of drug-likeness (QED) is 0.884. The summed E-state index contributed by atoms with van der Waals surface area (Å²) in [5, 5.41) is 13.1. The third kappa shape index (κ3) is 2.29. The maximum atomic E-state index is 11.3. The summed E-state index contributed by atoms with van der Waals surface area (Å²) in [5.74, 6) is 1.39. The summed E-state index contributed by atoms with van der Waals surface area (Å²) in [6.07, 6.45) is 2.72. The fraction of sp³-hybridized carbons (Fsp3) is 0.562. The van der Waals surface area contributed by atoms with Crippen LogP contribution in [0.4, 0.5) is 0 Å². The highest BCUT2D eigenvalue weighted by Gasteiger charge is 2.34. The van der Waals surface area contributed by atoms with Crippen molar-refractivity contribution in [1.82, 2.24) is 5.32 Å². The minimum Gasteiger partial charge on any atom is -0.493 e. The average Bonchev–Trinajstić information content (AvgIpc) is 3.03. The van der Waals surface area contributed by atoms with Crippen LogP contribution in [-0.4, -0.2) is 24.2 Å². The van der Waals surface area contributed by atoms with Gasteiger partial charge in [0.2, 0.25) is 5.91 Å². The topological polar surface area (TPSA) is 58.6 Å². The Labute approximate surface area is 119 Å². The molecule has 108 valence electrons. The van der Waals surface area contributed by atoms with E-state index in [1.165, 1.54) is 11.1 Å². The molecule has 2 atom stereocenters. The summed E-state index contributed by atoms with van der Waals surface area (Å²) in [6, 6.07) is 3.97. The van der Waals surface area contributed by atoms with Crippen molar-refractivity contribution in [2.45, 2.75) is 44.6 Å².